The average molecular weight is 319 g/mol. The van der Waals surface area contributed by atoms with E-state index in [1.54, 1.807) is 0 Å². The molecular formula is C16H19BrN2. The summed E-state index contributed by atoms with van der Waals surface area (Å²) in [5.74, 6) is 0. The van der Waals surface area contributed by atoms with Gasteiger partial charge in [0.25, 0.3) is 0 Å². The van der Waals surface area contributed by atoms with Gasteiger partial charge in [-0.2, -0.15) is 0 Å². The van der Waals surface area contributed by atoms with Crippen molar-refractivity contribution < 1.29 is 0 Å². The van der Waals surface area contributed by atoms with Gasteiger partial charge in [-0.1, -0.05) is 26.0 Å². The molecule has 1 atom stereocenters. The highest BCUT2D eigenvalue weighted by atomic mass is 79.9. The Morgan fingerprint density at radius 2 is 2.00 bits per heavy atom. The van der Waals surface area contributed by atoms with Crippen LogP contribution in [0.3, 0.4) is 0 Å². The predicted octanol–water partition coefficient (Wildman–Crippen LogP) is 4.21. The van der Waals surface area contributed by atoms with Crippen molar-refractivity contribution in [1.29, 1.82) is 0 Å². The van der Waals surface area contributed by atoms with E-state index in [2.05, 4.69) is 64.8 Å². The molecule has 0 spiro atoms. The zero-order valence-electron chi connectivity index (χ0n) is 11.4. The van der Waals surface area contributed by atoms with E-state index in [1.165, 1.54) is 16.9 Å². The van der Waals surface area contributed by atoms with Gasteiger partial charge in [0.2, 0.25) is 0 Å². The van der Waals surface area contributed by atoms with E-state index >= 15 is 0 Å². The minimum Gasteiger partial charge on any atom is -0.324 e. The molecule has 1 unspecified atom stereocenters. The Balaban J connectivity index is 2.14. The van der Waals surface area contributed by atoms with E-state index in [-0.39, 0.29) is 11.5 Å². The van der Waals surface area contributed by atoms with Crippen LogP contribution in [-0.2, 0) is 6.42 Å². The minimum atomic E-state index is 0.155. The Labute approximate surface area is 122 Å². The maximum atomic E-state index is 6.33. The fourth-order valence-electron chi connectivity index (χ4n) is 3.11. The van der Waals surface area contributed by atoms with Crippen molar-refractivity contribution in [1.82, 2.24) is 4.57 Å². The van der Waals surface area contributed by atoms with E-state index in [4.69, 9.17) is 5.73 Å². The molecule has 1 heterocycles. The monoisotopic (exact) mass is 318 g/mol. The molecule has 0 bridgehead atoms. The number of hydrogen-bond acceptors (Lipinski definition) is 1. The molecule has 0 saturated carbocycles. The lowest BCUT2D eigenvalue weighted by Crippen LogP contribution is -2.30. The second-order valence-electron chi connectivity index (χ2n) is 6.19. The van der Waals surface area contributed by atoms with Gasteiger partial charge < -0.3 is 10.3 Å². The molecule has 3 heteroatoms. The molecule has 2 aromatic rings. The molecule has 0 radical (unpaired) electrons. The third kappa shape index (κ3) is 2.26. The normalized spacial score (nSPS) is 21.2. The summed E-state index contributed by atoms with van der Waals surface area (Å²) in [5, 5.41) is 0. The van der Waals surface area contributed by atoms with Gasteiger partial charge in [-0.25, -0.2) is 0 Å². The SMILES string of the molecule is CC1(C)Cc2c(ccn2-c2ccccc2Br)C(N)C1. The topological polar surface area (TPSA) is 30.9 Å². The maximum absolute atomic E-state index is 6.33. The highest BCUT2D eigenvalue weighted by molar-refractivity contribution is 9.10. The zero-order valence-corrected chi connectivity index (χ0v) is 12.9. The van der Waals surface area contributed by atoms with Gasteiger partial charge in [-0.3, -0.25) is 0 Å². The third-order valence-electron chi connectivity index (χ3n) is 3.96. The van der Waals surface area contributed by atoms with Crippen molar-refractivity contribution in [3.63, 3.8) is 0 Å². The molecule has 3 rings (SSSR count). The zero-order chi connectivity index (χ0) is 13.6. The second kappa shape index (κ2) is 4.50. The van der Waals surface area contributed by atoms with E-state index in [9.17, 15) is 0 Å². The highest BCUT2D eigenvalue weighted by Gasteiger charge is 2.32. The van der Waals surface area contributed by atoms with Gasteiger partial charge in [-0.05, 0) is 57.9 Å². The van der Waals surface area contributed by atoms with Gasteiger partial charge in [0.15, 0.2) is 0 Å². The van der Waals surface area contributed by atoms with E-state index in [0.717, 1.165) is 17.3 Å². The van der Waals surface area contributed by atoms with Gasteiger partial charge in [0, 0.05) is 22.4 Å². The second-order valence-corrected chi connectivity index (χ2v) is 7.05. The number of hydrogen-bond donors (Lipinski definition) is 1. The van der Waals surface area contributed by atoms with Crippen LogP contribution in [0.2, 0.25) is 0 Å². The van der Waals surface area contributed by atoms with Crippen molar-refractivity contribution in [3.05, 3.63) is 52.3 Å². The van der Waals surface area contributed by atoms with Crippen LogP contribution in [0.1, 0.15) is 37.6 Å². The lowest BCUT2D eigenvalue weighted by atomic mass is 9.74. The van der Waals surface area contributed by atoms with Gasteiger partial charge in [0.1, 0.15) is 0 Å². The average Bonchev–Trinajstić information content (AvgIpc) is 2.72. The van der Waals surface area contributed by atoms with Crippen LogP contribution < -0.4 is 5.73 Å². The summed E-state index contributed by atoms with van der Waals surface area (Å²) in [7, 11) is 0. The molecule has 1 aliphatic carbocycles. The molecule has 100 valence electrons. The molecule has 19 heavy (non-hydrogen) atoms. The van der Waals surface area contributed by atoms with Crippen LogP contribution in [0.4, 0.5) is 0 Å². The molecule has 1 aliphatic rings. The summed E-state index contributed by atoms with van der Waals surface area (Å²) in [6, 6.07) is 10.7. The Morgan fingerprint density at radius 1 is 1.26 bits per heavy atom. The smallest absolute Gasteiger partial charge is 0.0594 e. The van der Waals surface area contributed by atoms with Gasteiger partial charge in [0.05, 0.1) is 5.69 Å². The summed E-state index contributed by atoms with van der Waals surface area (Å²) in [6.45, 7) is 4.60. The predicted molar refractivity (Wildman–Crippen MR) is 82.5 cm³/mol. The molecule has 1 aromatic heterocycles. The largest absolute Gasteiger partial charge is 0.324 e. The first kappa shape index (κ1) is 12.9. The third-order valence-corrected chi connectivity index (χ3v) is 4.63. The van der Waals surface area contributed by atoms with Crippen molar-refractivity contribution in [2.24, 2.45) is 11.1 Å². The first-order valence-electron chi connectivity index (χ1n) is 6.68. The Hall–Kier alpha value is -1.06. The number of halogens is 1. The number of benzene rings is 1. The van der Waals surface area contributed by atoms with Gasteiger partial charge in [-0.15, -0.1) is 0 Å². The van der Waals surface area contributed by atoms with Crippen LogP contribution >= 0.6 is 15.9 Å². The number of rotatable bonds is 1. The quantitative estimate of drug-likeness (QED) is 0.838. The fourth-order valence-corrected chi connectivity index (χ4v) is 3.58. The van der Waals surface area contributed by atoms with Crippen molar-refractivity contribution in [3.8, 4) is 5.69 Å². The number of fused-ring (bicyclic) bond motifs is 1. The Bertz CT molecular complexity index is 613. The first-order chi connectivity index (χ1) is 8.98. The summed E-state index contributed by atoms with van der Waals surface area (Å²) in [6.07, 6.45) is 4.27. The lowest BCUT2D eigenvalue weighted by molar-refractivity contribution is 0.278. The van der Waals surface area contributed by atoms with E-state index < -0.39 is 0 Å². The molecule has 0 saturated heterocycles. The molecule has 0 amide bonds. The van der Waals surface area contributed by atoms with Crippen molar-refractivity contribution in [2.45, 2.75) is 32.7 Å². The standard InChI is InChI=1S/C16H19BrN2/c1-16(2)9-13(18)11-7-8-19(15(11)10-16)14-6-4-3-5-12(14)17/h3-8,13H,9-10,18H2,1-2H3. The van der Waals surface area contributed by atoms with Crippen molar-refractivity contribution >= 4 is 15.9 Å². The van der Waals surface area contributed by atoms with Crippen LogP contribution in [-0.4, -0.2) is 4.57 Å². The van der Waals surface area contributed by atoms with Gasteiger partial charge >= 0.3 is 0 Å². The maximum Gasteiger partial charge on any atom is 0.0594 e. The molecule has 0 fully saturated rings. The van der Waals surface area contributed by atoms with E-state index in [0.29, 0.717) is 0 Å². The molecular weight excluding hydrogens is 300 g/mol. The molecule has 2 N–H and O–H groups in total. The van der Waals surface area contributed by atoms with Crippen LogP contribution in [0.25, 0.3) is 5.69 Å². The van der Waals surface area contributed by atoms with Crippen LogP contribution in [0.5, 0.6) is 0 Å². The summed E-state index contributed by atoms with van der Waals surface area (Å²) in [5.41, 5.74) is 10.4. The Morgan fingerprint density at radius 3 is 2.74 bits per heavy atom. The van der Waals surface area contributed by atoms with Crippen molar-refractivity contribution in [2.75, 3.05) is 0 Å². The first-order valence-corrected chi connectivity index (χ1v) is 7.48. The Kier molecular flexibility index (Phi) is 3.06. The summed E-state index contributed by atoms with van der Waals surface area (Å²) >= 11 is 3.64. The molecule has 0 aliphatic heterocycles. The number of para-hydroxylation sites is 1. The fraction of sp³-hybridized carbons (Fsp3) is 0.375. The van der Waals surface area contributed by atoms with E-state index in [1.807, 2.05) is 6.07 Å². The van der Waals surface area contributed by atoms with Crippen LogP contribution in [0, 0.1) is 5.41 Å². The molecule has 2 nitrogen and oxygen atoms in total. The molecule has 1 aromatic carbocycles. The number of aromatic nitrogens is 1. The number of nitrogens with zero attached hydrogens (tertiary/aromatic N) is 1. The lowest BCUT2D eigenvalue weighted by Gasteiger charge is -2.34. The highest BCUT2D eigenvalue weighted by Crippen LogP contribution is 2.41. The van der Waals surface area contributed by atoms with Crippen LogP contribution in [0.15, 0.2) is 41.0 Å². The number of nitrogens with two attached hydrogens (primary N) is 1. The summed E-state index contributed by atoms with van der Waals surface area (Å²) in [4.78, 5) is 0. The minimum absolute atomic E-state index is 0.155. The summed E-state index contributed by atoms with van der Waals surface area (Å²) < 4.78 is 3.39.